The standard InChI is InChI=1S/C12H21N3O3S/c1-2-5-15(9-11-3-4-11)19(17,18)12-8-13-14(10-12)6-7-16/h8,10-11,16H,2-7,9H2,1H3. The summed E-state index contributed by atoms with van der Waals surface area (Å²) in [5.74, 6) is 0.522. The van der Waals surface area contributed by atoms with E-state index in [9.17, 15) is 8.42 Å². The molecule has 1 fully saturated rings. The third kappa shape index (κ3) is 3.55. The van der Waals surface area contributed by atoms with Crippen molar-refractivity contribution in [2.45, 2.75) is 37.6 Å². The first kappa shape index (κ1) is 14.5. The Morgan fingerprint density at radius 3 is 2.84 bits per heavy atom. The third-order valence-electron chi connectivity index (χ3n) is 3.21. The van der Waals surface area contributed by atoms with Crippen LogP contribution >= 0.6 is 0 Å². The average Bonchev–Trinajstić information content (AvgIpc) is 3.05. The van der Waals surface area contributed by atoms with Gasteiger partial charge in [-0.05, 0) is 25.2 Å². The second kappa shape index (κ2) is 6.02. The molecule has 0 atom stereocenters. The molecule has 1 aromatic rings. The zero-order valence-electron chi connectivity index (χ0n) is 11.2. The van der Waals surface area contributed by atoms with Crippen molar-refractivity contribution >= 4 is 10.0 Å². The van der Waals surface area contributed by atoms with Gasteiger partial charge < -0.3 is 5.11 Å². The van der Waals surface area contributed by atoms with Gasteiger partial charge in [0, 0.05) is 19.3 Å². The van der Waals surface area contributed by atoms with Crippen LogP contribution in [0.3, 0.4) is 0 Å². The van der Waals surface area contributed by atoms with Gasteiger partial charge in [0.05, 0.1) is 19.3 Å². The van der Waals surface area contributed by atoms with E-state index >= 15 is 0 Å². The number of aliphatic hydroxyl groups is 1. The molecule has 1 heterocycles. The Morgan fingerprint density at radius 1 is 1.53 bits per heavy atom. The highest BCUT2D eigenvalue weighted by molar-refractivity contribution is 7.89. The van der Waals surface area contributed by atoms with Crippen molar-refractivity contribution < 1.29 is 13.5 Å². The molecular weight excluding hydrogens is 266 g/mol. The lowest BCUT2D eigenvalue weighted by atomic mass is 10.4. The van der Waals surface area contributed by atoms with Gasteiger partial charge in [0.15, 0.2) is 0 Å². The molecule has 6 nitrogen and oxygen atoms in total. The van der Waals surface area contributed by atoms with E-state index in [-0.39, 0.29) is 11.5 Å². The maximum Gasteiger partial charge on any atom is 0.246 e. The minimum atomic E-state index is -3.45. The SMILES string of the molecule is CCCN(CC1CC1)S(=O)(=O)c1cnn(CCO)c1. The number of nitrogens with zero attached hydrogens (tertiary/aromatic N) is 3. The summed E-state index contributed by atoms with van der Waals surface area (Å²) in [7, 11) is -3.45. The second-order valence-electron chi connectivity index (χ2n) is 4.97. The fourth-order valence-electron chi connectivity index (χ4n) is 2.00. The fourth-order valence-corrected chi connectivity index (χ4v) is 3.56. The molecule has 7 heteroatoms. The predicted molar refractivity (Wildman–Crippen MR) is 71.1 cm³/mol. The predicted octanol–water partition coefficient (Wildman–Crippen LogP) is 0.686. The Labute approximate surface area is 114 Å². The highest BCUT2D eigenvalue weighted by Gasteiger charge is 2.31. The number of aliphatic hydroxyl groups excluding tert-OH is 1. The molecule has 0 aromatic carbocycles. The summed E-state index contributed by atoms with van der Waals surface area (Å²) in [6.07, 6.45) is 5.90. The highest BCUT2D eigenvalue weighted by atomic mass is 32.2. The van der Waals surface area contributed by atoms with E-state index in [1.807, 2.05) is 6.92 Å². The van der Waals surface area contributed by atoms with Crippen molar-refractivity contribution in [3.63, 3.8) is 0 Å². The number of hydrogen-bond acceptors (Lipinski definition) is 4. The van der Waals surface area contributed by atoms with Gasteiger partial charge in [-0.2, -0.15) is 9.40 Å². The summed E-state index contributed by atoms with van der Waals surface area (Å²) in [4.78, 5) is 0.218. The van der Waals surface area contributed by atoms with E-state index in [4.69, 9.17) is 5.11 Å². The normalized spacial score (nSPS) is 16.2. The summed E-state index contributed by atoms with van der Waals surface area (Å²) in [5, 5.41) is 12.8. The fraction of sp³-hybridized carbons (Fsp3) is 0.750. The van der Waals surface area contributed by atoms with Crippen LogP contribution in [0.1, 0.15) is 26.2 Å². The molecule has 1 saturated carbocycles. The first-order chi connectivity index (χ1) is 9.07. The zero-order chi connectivity index (χ0) is 13.9. The lowest BCUT2D eigenvalue weighted by Gasteiger charge is -2.20. The van der Waals surface area contributed by atoms with Gasteiger partial charge in [-0.3, -0.25) is 4.68 Å². The maximum absolute atomic E-state index is 12.5. The molecule has 1 aliphatic rings. The molecule has 1 aromatic heterocycles. The Kier molecular flexibility index (Phi) is 4.59. The molecule has 0 spiro atoms. The molecular formula is C12H21N3O3S. The molecule has 0 radical (unpaired) electrons. The molecule has 0 bridgehead atoms. The minimum Gasteiger partial charge on any atom is -0.394 e. The van der Waals surface area contributed by atoms with Gasteiger partial charge in [0.25, 0.3) is 0 Å². The van der Waals surface area contributed by atoms with Crippen LogP contribution in [0.2, 0.25) is 0 Å². The van der Waals surface area contributed by atoms with Crippen molar-refractivity contribution in [2.24, 2.45) is 5.92 Å². The van der Waals surface area contributed by atoms with Crippen molar-refractivity contribution in [2.75, 3.05) is 19.7 Å². The quantitative estimate of drug-likeness (QED) is 0.763. The summed E-state index contributed by atoms with van der Waals surface area (Å²) in [6, 6.07) is 0. The van der Waals surface area contributed by atoms with Crippen molar-refractivity contribution in [3.05, 3.63) is 12.4 Å². The van der Waals surface area contributed by atoms with Crippen molar-refractivity contribution in [1.29, 1.82) is 0 Å². The van der Waals surface area contributed by atoms with Crippen LogP contribution in [-0.4, -0.2) is 47.3 Å². The lowest BCUT2D eigenvalue weighted by molar-refractivity contribution is 0.269. The van der Waals surface area contributed by atoms with Crippen LogP contribution in [0.15, 0.2) is 17.3 Å². The molecule has 1 N–H and O–H groups in total. The molecule has 19 heavy (non-hydrogen) atoms. The number of aromatic nitrogens is 2. The molecule has 108 valence electrons. The molecule has 0 aliphatic heterocycles. The number of hydrogen-bond donors (Lipinski definition) is 1. The van der Waals surface area contributed by atoms with E-state index in [0.29, 0.717) is 25.6 Å². The van der Waals surface area contributed by atoms with E-state index in [1.54, 1.807) is 4.31 Å². The second-order valence-corrected chi connectivity index (χ2v) is 6.91. The largest absolute Gasteiger partial charge is 0.394 e. The Hall–Kier alpha value is -0.920. The summed E-state index contributed by atoms with van der Waals surface area (Å²) in [6.45, 7) is 3.39. The van der Waals surface area contributed by atoms with Gasteiger partial charge in [-0.1, -0.05) is 6.92 Å². The van der Waals surface area contributed by atoms with Crippen molar-refractivity contribution in [3.8, 4) is 0 Å². The third-order valence-corrected chi connectivity index (χ3v) is 5.03. The van der Waals surface area contributed by atoms with E-state index in [2.05, 4.69) is 5.10 Å². The Balaban J connectivity index is 2.16. The van der Waals surface area contributed by atoms with Gasteiger partial charge >= 0.3 is 0 Å². The van der Waals surface area contributed by atoms with Crippen LogP contribution in [0.4, 0.5) is 0 Å². The van der Waals surface area contributed by atoms with Crippen LogP contribution in [0, 0.1) is 5.92 Å². The van der Waals surface area contributed by atoms with Gasteiger partial charge in [-0.25, -0.2) is 8.42 Å². The summed E-state index contributed by atoms with van der Waals surface area (Å²) < 4.78 is 28.0. The van der Waals surface area contributed by atoms with Crippen LogP contribution < -0.4 is 0 Å². The Bertz CT molecular complexity index is 508. The van der Waals surface area contributed by atoms with Crippen LogP contribution in [0.25, 0.3) is 0 Å². The summed E-state index contributed by atoms with van der Waals surface area (Å²) in [5.41, 5.74) is 0. The zero-order valence-corrected chi connectivity index (χ0v) is 12.0. The molecule has 1 aliphatic carbocycles. The van der Waals surface area contributed by atoms with Crippen molar-refractivity contribution in [1.82, 2.24) is 14.1 Å². The van der Waals surface area contributed by atoms with E-state index in [0.717, 1.165) is 19.3 Å². The first-order valence-corrected chi connectivity index (χ1v) is 8.15. The van der Waals surface area contributed by atoms with Crippen LogP contribution in [-0.2, 0) is 16.6 Å². The van der Waals surface area contributed by atoms with Gasteiger partial charge in [-0.15, -0.1) is 0 Å². The summed E-state index contributed by atoms with van der Waals surface area (Å²) >= 11 is 0. The molecule has 0 saturated heterocycles. The smallest absolute Gasteiger partial charge is 0.246 e. The molecule has 2 rings (SSSR count). The topological polar surface area (TPSA) is 75.4 Å². The van der Waals surface area contributed by atoms with E-state index in [1.165, 1.54) is 17.1 Å². The number of sulfonamides is 1. The monoisotopic (exact) mass is 287 g/mol. The Morgan fingerprint density at radius 2 is 2.26 bits per heavy atom. The number of rotatable bonds is 8. The average molecular weight is 287 g/mol. The van der Waals surface area contributed by atoms with Crippen LogP contribution in [0.5, 0.6) is 0 Å². The first-order valence-electron chi connectivity index (χ1n) is 6.71. The molecule has 0 amide bonds. The molecule has 0 unspecified atom stereocenters. The highest BCUT2D eigenvalue weighted by Crippen LogP contribution is 2.31. The minimum absolute atomic E-state index is 0.0537. The van der Waals surface area contributed by atoms with E-state index < -0.39 is 10.0 Å². The van der Waals surface area contributed by atoms with Gasteiger partial charge in [0.1, 0.15) is 4.90 Å². The lowest BCUT2D eigenvalue weighted by Crippen LogP contribution is -2.33. The maximum atomic E-state index is 12.5. The van der Waals surface area contributed by atoms with Gasteiger partial charge in [0.2, 0.25) is 10.0 Å².